The molecule has 1 aliphatic rings. The maximum absolute atomic E-state index is 13.1. The van der Waals surface area contributed by atoms with Gasteiger partial charge < -0.3 is 9.80 Å². The van der Waals surface area contributed by atoms with Crippen LogP contribution in [-0.4, -0.2) is 58.2 Å². The van der Waals surface area contributed by atoms with E-state index in [-0.39, 0.29) is 17.5 Å². The van der Waals surface area contributed by atoms with Crippen molar-refractivity contribution in [2.45, 2.75) is 6.92 Å². The Kier molecular flexibility index (Phi) is 5.88. The van der Waals surface area contributed by atoms with Crippen LogP contribution in [0, 0.1) is 5.82 Å². The summed E-state index contributed by atoms with van der Waals surface area (Å²) in [7, 11) is -1.83. The van der Waals surface area contributed by atoms with Crippen LogP contribution in [-0.2, 0) is 10.0 Å². The van der Waals surface area contributed by atoms with Gasteiger partial charge in [0.05, 0.1) is 11.4 Å². The van der Waals surface area contributed by atoms with Crippen LogP contribution >= 0.6 is 0 Å². The number of anilines is 2. The second-order valence-corrected chi connectivity index (χ2v) is 8.96. The second-order valence-electron chi connectivity index (χ2n) is 6.67. The first-order chi connectivity index (χ1) is 13.3. The highest BCUT2D eigenvalue weighted by Gasteiger charge is 2.23. The number of benzene rings is 2. The van der Waals surface area contributed by atoms with Crippen molar-refractivity contribution < 1.29 is 17.6 Å². The Labute approximate surface area is 165 Å². The van der Waals surface area contributed by atoms with Crippen molar-refractivity contribution in [2.75, 3.05) is 48.2 Å². The summed E-state index contributed by atoms with van der Waals surface area (Å²) in [5, 5.41) is 0. The fraction of sp³-hybridized carbons (Fsp3) is 0.350. The van der Waals surface area contributed by atoms with E-state index in [4.69, 9.17) is 0 Å². The zero-order valence-corrected chi connectivity index (χ0v) is 16.8. The van der Waals surface area contributed by atoms with Crippen molar-refractivity contribution in [2.24, 2.45) is 0 Å². The van der Waals surface area contributed by atoms with E-state index in [2.05, 4.69) is 4.90 Å². The summed E-state index contributed by atoms with van der Waals surface area (Å²) in [6.07, 6.45) is 0. The summed E-state index contributed by atoms with van der Waals surface area (Å²) in [6, 6.07) is 13.0. The number of carbonyl (C=O) groups is 1. The van der Waals surface area contributed by atoms with Gasteiger partial charge in [-0.2, -0.15) is 0 Å². The minimum Gasteiger partial charge on any atom is -0.368 e. The zero-order valence-electron chi connectivity index (χ0n) is 16.0. The van der Waals surface area contributed by atoms with E-state index in [1.807, 2.05) is 0 Å². The van der Waals surface area contributed by atoms with Gasteiger partial charge in [0.25, 0.3) is 5.91 Å². The normalized spacial score (nSPS) is 14.8. The van der Waals surface area contributed by atoms with Gasteiger partial charge in [0.15, 0.2) is 0 Å². The van der Waals surface area contributed by atoms with Gasteiger partial charge in [-0.1, -0.05) is 0 Å². The summed E-state index contributed by atoms with van der Waals surface area (Å²) in [5.41, 5.74) is 2.00. The van der Waals surface area contributed by atoms with Crippen LogP contribution in [0.5, 0.6) is 0 Å². The molecule has 28 heavy (non-hydrogen) atoms. The molecule has 0 spiro atoms. The third-order valence-electron chi connectivity index (χ3n) is 5.02. The third kappa shape index (κ3) is 4.27. The summed E-state index contributed by atoms with van der Waals surface area (Å²) in [6.45, 7) is 4.08. The fourth-order valence-corrected chi connectivity index (χ4v) is 4.00. The lowest BCUT2D eigenvalue weighted by atomic mass is 10.1. The molecule has 1 heterocycles. The van der Waals surface area contributed by atoms with Gasteiger partial charge in [-0.25, -0.2) is 12.8 Å². The highest BCUT2D eigenvalue weighted by atomic mass is 32.2. The van der Waals surface area contributed by atoms with E-state index >= 15 is 0 Å². The molecule has 1 fully saturated rings. The molecule has 2 aromatic carbocycles. The molecule has 0 N–H and O–H groups in total. The van der Waals surface area contributed by atoms with E-state index in [9.17, 15) is 17.6 Å². The predicted molar refractivity (Wildman–Crippen MR) is 109 cm³/mol. The zero-order chi connectivity index (χ0) is 20.3. The number of nitrogens with zero attached hydrogens (tertiary/aromatic N) is 3. The van der Waals surface area contributed by atoms with Crippen molar-refractivity contribution in [1.29, 1.82) is 0 Å². The Bertz CT molecular complexity index is 922. The van der Waals surface area contributed by atoms with Gasteiger partial charge in [-0.3, -0.25) is 9.10 Å². The van der Waals surface area contributed by atoms with E-state index in [1.165, 1.54) is 23.5 Å². The summed E-state index contributed by atoms with van der Waals surface area (Å²) < 4.78 is 38.2. The molecule has 0 atom stereocenters. The van der Waals surface area contributed by atoms with Crippen LogP contribution in [0.2, 0.25) is 0 Å². The van der Waals surface area contributed by atoms with Gasteiger partial charge in [-0.15, -0.1) is 0 Å². The topological polar surface area (TPSA) is 60.9 Å². The van der Waals surface area contributed by atoms with Gasteiger partial charge in [0.1, 0.15) is 5.82 Å². The Morgan fingerprint density at radius 3 is 2.11 bits per heavy atom. The molecular formula is C20H24FN3O3S. The van der Waals surface area contributed by atoms with Crippen LogP contribution in [0.25, 0.3) is 0 Å². The number of rotatable bonds is 5. The average Bonchev–Trinajstić information content (AvgIpc) is 2.73. The minimum atomic E-state index is -3.33. The maximum atomic E-state index is 13.1. The van der Waals surface area contributed by atoms with Gasteiger partial charge in [0.2, 0.25) is 10.0 Å². The molecular weight excluding hydrogens is 381 g/mol. The van der Waals surface area contributed by atoms with E-state index in [0.717, 1.165) is 5.69 Å². The van der Waals surface area contributed by atoms with Crippen molar-refractivity contribution in [3.8, 4) is 0 Å². The molecule has 150 valence electrons. The van der Waals surface area contributed by atoms with Crippen molar-refractivity contribution in [3.05, 3.63) is 59.9 Å². The molecule has 2 aromatic rings. The molecule has 3 rings (SSSR count). The van der Waals surface area contributed by atoms with Crippen molar-refractivity contribution in [1.82, 2.24) is 4.90 Å². The average molecular weight is 405 g/mol. The third-order valence-corrected chi connectivity index (χ3v) is 6.79. The first-order valence-corrected chi connectivity index (χ1v) is 10.8. The lowest BCUT2D eigenvalue weighted by molar-refractivity contribution is 0.0747. The van der Waals surface area contributed by atoms with Gasteiger partial charge in [0, 0.05) is 44.5 Å². The molecule has 0 unspecified atom stereocenters. The Morgan fingerprint density at radius 2 is 1.57 bits per heavy atom. The predicted octanol–water partition coefficient (Wildman–Crippen LogP) is 2.57. The number of piperazine rings is 1. The van der Waals surface area contributed by atoms with Crippen LogP contribution in [0.3, 0.4) is 0 Å². The Balaban J connectivity index is 1.63. The number of carbonyl (C=O) groups excluding carboxylic acids is 1. The molecule has 1 amide bonds. The maximum Gasteiger partial charge on any atom is 0.253 e. The standard InChI is InChI=1S/C20H24FN3O3S/c1-3-28(26,27)22(2)18-8-4-16(5-9-18)20(25)24-14-12-23(13-15-24)19-10-6-17(21)7-11-19/h4-11H,3,12-15H2,1-2H3. The first kappa shape index (κ1) is 20.1. The van der Waals surface area contributed by atoms with Crippen molar-refractivity contribution >= 4 is 27.3 Å². The molecule has 8 heteroatoms. The number of halogens is 1. The Hall–Kier alpha value is -2.61. The van der Waals surface area contributed by atoms with Crippen LogP contribution < -0.4 is 9.21 Å². The number of hydrogen-bond acceptors (Lipinski definition) is 4. The Morgan fingerprint density at radius 1 is 1.00 bits per heavy atom. The highest BCUT2D eigenvalue weighted by molar-refractivity contribution is 7.92. The monoisotopic (exact) mass is 405 g/mol. The smallest absolute Gasteiger partial charge is 0.253 e. The fourth-order valence-electron chi connectivity index (χ4n) is 3.17. The molecule has 1 saturated heterocycles. The molecule has 0 saturated carbocycles. The first-order valence-electron chi connectivity index (χ1n) is 9.18. The lowest BCUT2D eigenvalue weighted by Crippen LogP contribution is -2.48. The summed E-state index contributed by atoms with van der Waals surface area (Å²) in [5.74, 6) is -0.326. The summed E-state index contributed by atoms with van der Waals surface area (Å²) in [4.78, 5) is 16.6. The number of sulfonamides is 1. The molecule has 0 bridgehead atoms. The quantitative estimate of drug-likeness (QED) is 0.767. The van der Waals surface area contributed by atoms with E-state index in [1.54, 1.807) is 48.2 Å². The molecule has 1 aliphatic heterocycles. The molecule has 0 radical (unpaired) electrons. The molecule has 0 aromatic heterocycles. The number of hydrogen-bond donors (Lipinski definition) is 0. The van der Waals surface area contributed by atoms with Gasteiger partial charge >= 0.3 is 0 Å². The highest BCUT2D eigenvalue weighted by Crippen LogP contribution is 2.20. The van der Waals surface area contributed by atoms with E-state index < -0.39 is 10.0 Å². The van der Waals surface area contributed by atoms with Gasteiger partial charge in [-0.05, 0) is 55.5 Å². The van der Waals surface area contributed by atoms with Crippen LogP contribution in [0.15, 0.2) is 48.5 Å². The molecule has 0 aliphatic carbocycles. The lowest BCUT2D eigenvalue weighted by Gasteiger charge is -2.36. The van der Waals surface area contributed by atoms with Crippen LogP contribution in [0.4, 0.5) is 15.8 Å². The molecule has 6 nitrogen and oxygen atoms in total. The largest absolute Gasteiger partial charge is 0.368 e. The minimum absolute atomic E-state index is 0.0164. The van der Waals surface area contributed by atoms with Crippen LogP contribution in [0.1, 0.15) is 17.3 Å². The second kappa shape index (κ2) is 8.18. The number of amides is 1. The van der Waals surface area contributed by atoms with E-state index in [0.29, 0.717) is 37.4 Å². The summed E-state index contributed by atoms with van der Waals surface area (Å²) >= 11 is 0. The SMILES string of the molecule is CCS(=O)(=O)N(C)c1ccc(C(=O)N2CCN(c3ccc(F)cc3)CC2)cc1. The van der Waals surface area contributed by atoms with Crippen molar-refractivity contribution in [3.63, 3.8) is 0 Å².